The molecule has 2 aromatic carbocycles. The predicted molar refractivity (Wildman–Crippen MR) is 102 cm³/mol. The molecule has 4 rings (SSSR count). The minimum atomic E-state index is 0.0168. The van der Waals surface area contributed by atoms with Crippen LogP contribution in [0.2, 0.25) is 0 Å². The first-order valence-corrected chi connectivity index (χ1v) is 9.15. The normalized spacial score (nSPS) is 13.0. The van der Waals surface area contributed by atoms with Crippen LogP contribution in [-0.2, 0) is 30.5 Å². The lowest BCUT2D eigenvalue weighted by molar-refractivity contribution is -0.120. The summed E-state index contributed by atoms with van der Waals surface area (Å²) in [4.78, 5) is 12.3. The number of hydrogen-bond donors (Lipinski definition) is 1. The smallest absolute Gasteiger partial charge is 0.224 e. The predicted octanol–water partition coefficient (Wildman–Crippen LogP) is 3.83. The number of amides is 1. The van der Waals surface area contributed by atoms with Crippen molar-refractivity contribution < 1.29 is 13.9 Å². The van der Waals surface area contributed by atoms with Gasteiger partial charge in [0, 0.05) is 17.5 Å². The molecule has 1 amide bonds. The largest absolute Gasteiger partial charge is 0.496 e. The molecule has 1 aromatic heterocycles. The second kappa shape index (κ2) is 7.24. The topological polar surface area (TPSA) is 51.5 Å². The maximum Gasteiger partial charge on any atom is 0.224 e. The van der Waals surface area contributed by atoms with E-state index in [9.17, 15) is 4.79 Å². The van der Waals surface area contributed by atoms with Crippen molar-refractivity contribution in [3.63, 3.8) is 0 Å². The molecule has 134 valence electrons. The minimum Gasteiger partial charge on any atom is -0.496 e. The molecule has 0 atom stereocenters. The Morgan fingerprint density at radius 3 is 2.81 bits per heavy atom. The Hall–Kier alpha value is -2.75. The number of nitrogens with one attached hydrogen (secondary N) is 1. The van der Waals surface area contributed by atoms with Crippen molar-refractivity contribution in [1.82, 2.24) is 5.32 Å². The molecule has 0 spiro atoms. The lowest BCUT2D eigenvalue weighted by Crippen LogP contribution is -2.27. The summed E-state index contributed by atoms with van der Waals surface area (Å²) in [6.07, 6.45) is 6.28. The maximum atomic E-state index is 12.3. The highest BCUT2D eigenvalue weighted by molar-refractivity contribution is 5.88. The monoisotopic (exact) mass is 349 g/mol. The van der Waals surface area contributed by atoms with Crippen LogP contribution in [0.15, 0.2) is 47.1 Å². The summed E-state index contributed by atoms with van der Waals surface area (Å²) in [5, 5.41) is 4.08. The summed E-state index contributed by atoms with van der Waals surface area (Å²) < 4.78 is 11.0. The van der Waals surface area contributed by atoms with Gasteiger partial charge in [0.1, 0.15) is 11.3 Å². The zero-order valence-electron chi connectivity index (χ0n) is 15.0. The molecule has 0 radical (unpaired) electrons. The molecule has 0 bridgehead atoms. The fourth-order valence-corrected chi connectivity index (χ4v) is 3.77. The molecule has 0 saturated heterocycles. The third kappa shape index (κ3) is 3.32. The lowest BCUT2D eigenvalue weighted by Gasteiger charge is -2.09. The van der Waals surface area contributed by atoms with E-state index in [1.165, 1.54) is 17.5 Å². The summed E-state index contributed by atoms with van der Waals surface area (Å²) >= 11 is 0. The van der Waals surface area contributed by atoms with Crippen molar-refractivity contribution >= 4 is 16.9 Å². The fourth-order valence-electron chi connectivity index (χ4n) is 3.77. The van der Waals surface area contributed by atoms with E-state index in [2.05, 4.69) is 17.4 Å². The summed E-state index contributed by atoms with van der Waals surface area (Å²) in [7, 11) is 1.66. The van der Waals surface area contributed by atoms with E-state index in [4.69, 9.17) is 9.15 Å². The summed E-state index contributed by atoms with van der Waals surface area (Å²) in [5.74, 6) is 0.875. The Morgan fingerprint density at radius 2 is 1.96 bits per heavy atom. The molecule has 0 unspecified atom stereocenters. The molecule has 0 aliphatic heterocycles. The first kappa shape index (κ1) is 16.7. The number of methoxy groups -OCH3 is 1. The van der Waals surface area contributed by atoms with E-state index in [-0.39, 0.29) is 5.91 Å². The zero-order valence-corrected chi connectivity index (χ0v) is 15.0. The number of aryl methyl sites for hydroxylation is 2. The van der Waals surface area contributed by atoms with E-state index in [1.807, 2.05) is 24.3 Å². The zero-order chi connectivity index (χ0) is 17.9. The van der Waals surface area contributed by atoms with Crippen LogP contribution in [0.25, 0.3) is 11.0 Å². The van der Waals surface area contributed by atoms with Gasteiger partial charge in [-0.15, -0.1) is 0 Å². The fraction of sp³-hybridized carbons (Fsp3) is 0.318. The van der Waals surface area contributed by atoms with Gasteiger partial charge in [-0.1, -0.05) is 18.2 Å². The first-order chi connectivity index (χ1) is 12.7. The van der Waals surface area contributed by atoms with Crippen molar-refractivity contribution in [2.45, 2.75) is 32.1 Å². The number of fused-ring (bicyclic) bond motifs is 2. The molecule has 1 aliphatic carbocycles. The Bertz CT molecular complexity index is 942. The molecule has 1 heterocycles. The van der Waals surface area contributed by atoms with Gasteiger partial charge in [0.05, 0.1) is 19.8 Å². The van der Waals surface area contributed by atoms with Crippen molar-refractivity contribution in [2.75, 3.05) is 13.7 Å². The number of furan rings is 1. The second-order valence-corrected chi connectivity index (χ2v) is 6.82. The van der Waals surface area contributed by atoms with Crippen LogP contribution >= 0.6 is 0 Å². The van der Waals surface area contributed by atoms with Crippen LogP contribution in [0, 0.1) is 0 Å². The SMILES string of the molecule is COc1ccccc1CCNC(=O)Cc1coc2cc3c(cc12)CCC3. The summed E-state index contributed by atoms with van der Waals surface area (Å²) in [6, 6.07) is 12.2. The molecule has 4 heteroatoms. The average molecular weight is 349 g/mol. The van der Waals surface area contributed by atoms with Crippen LogP contribution in [0.4, 0.5) is 0 Å². The van der Waals surface area contributed by atoms with Gasteiger partial charge in [0.25, 0.3) is 0 Å². The molecule has 0 saturated carbocycles. The minimum absolute atomic E-state index is 0.0168. The van der Waals surface area contributed by atoms with Crippen molar-refractivity contribution in [2.24, 2.45) is 0 Å². The molecule has 1 N–H and O–H groups in total. The Kier molecular flexibility index (Phi) is 4.65. The lowest BCUT2D eigenvalue weighted by atomic mass is 10.0. The summed E-state index contributed by atoms with van der Waals surface area (Å²) in [5.41, 5.74) is 5.74. The second-order valence-electron chi connectivity index (χ2n) is 6.82. The molecular weight excluding hydrogens is 326 g/mol. The first-order valence-electron chi connectivity index (χ1n) is 9.15. The number of rotatable bonds is 6. The summed E-state index contributed by atoms with van der Waals surface area (Å²) in [6.45, 7) is 0.588. The highest BCUT2D eigenvalue weighted by atomic mass is 16.5. The van der Waals surface area contributed by atoms with Gasteiger partial charge >= 0.3 is 0 Å². The Balaban J connectivity index is 1.38. The van der Waals surface area contributed by atoms with Gasteiger partial charge in [-0.25, -0.2) is 0 Å². The highest BCUT2D eigenvalue weighted by Crippen LogP contribution is 2.30. The van der Waals surface area contributed by atoms with Crippen molar-refractivity contribution in [3.8, 4) is 5.75 Å². The van der Waals surface area contributed by atoms with Gasteiger partial charge in [-0.3, -0.25) is 4.79 Å². The number of ether oxygens (including phenoxy) is 1. The van der Waals surface area contributed by atoms with Gasteiger partial charge in [-0.05, 0) is 60.6 Å². The molecule has 4 nitrogen and oxygen atoms in total. The number of carbonyl (C=O) groups is 1. The van der Waals surface area contributed by atoms with Crippen molar-refractivity contribution in [3.05, 3.63) is 64.9 Å². The van der Waals surface area contributed by atoms with Gasteiger partial charge in [0.15, 0.2) is 0 Å². The third-order valence-electron chi connectivity index (χ3n) is 5.13. The quantitative estimate of drug-likeness (QED) is 0.736. The van der Waals surface area contributed by atoms with Crippen LogP contribution in [0.1, 0.15) is 28.7 Å². The van der Waals surface area contributed by atoms with Crippen molar-refractivity contribution in [1.29, 1.82) is 0 Å². The van der Waals surface area contributed by atoms with E-state index < -0.39 is 0 Å². The van der Waals surface area contributed by atoms with Gasteiger partial charge in [-0.2, -0.15) is 0 Å². The third-order valence-corrected chi connectivity index (χ3v) is 5.13. The highest BCUT2D eigenvalue weighted by Gasteiger charge is 2.16. The van der Waals surface area contributed by atoms with E-state index in [0.29, 0.717) is 13.0 Å². The van der Waals surface area contributed by atoms with Crippen LogP contribution in [0.3, 0.4) is 0 Å². The Labute approximate surface area is 153 Å². The van der Waals surface area contributed by atoms with E-state index in [1.54, 1.807) is 13.4 Å². The van der Waals surface area contributed by atoms with Gasteiger partial charge in [0.2, 0.25) is 5.91 Å². The standard InChI is InChI=1S/C22H23NO3/c1-25-20-8-3-2-5-15(20)9-10-23-22(24)13-18-14-26-21-12-17-7-4-6-16(17)11-19(18)21/h2-3,5,8,11-12,14H,4,6-7,9-10,13H2,1H3,(H,23,24). The number of hydrogen-bond acceptors (Lipinski definition) is 3. The van der Waals surface area contributed by atoms with Crippen LogP contribution in [-0.4, -0.2) is 19.6 Å². The molecular formula is C22H23NO3. The maximum absolute atomic E-state index is 12.3. The Morgan fingerprint density at radius 1 is 1.15 bits per heavy atom. The van der Waals surface area contributed by atoms with Crippen LogP contribution in [0.5, 0.6) is 5.75 Å². The van der Waals surface area contributed by atoms with Gasteiger partial charge < -0.3 is 14.5 Å². The molecule has 1 aliphatic rings. The molecule has 26 heavy (non-hydrogen) atoms. The molecule has 3 aromatic rings. The molecule has 0 fully saturated rings. The van der Waals surface area contributed by atoms with E-state index >= 15 is 0 Å². The number of para-hydroxylation sites is 1. The average Bonchev–Trinajstić information content (AvgIpc) is 3.27. The van der Waals surface area contributed by atoms with E-state index in [0.717, 1.165) is 47.1 Å². The number of carbonyl (C=O) groups excluding carboxylic acids is 1. The number of benzene rings is 2. The van der Waals surface area contributed by atoms with Crippen LogP contribution < -0.4 is 10.1 Å².